The van der Waals surface area contributed by atoms with Gasteiger partial charge < -0.3 is 9.88 Å². The minimum Gasteiger partial charge on any atom is -0.345 e. The number of benzene rings is 1. The number of rotatable bonds is 5. The molecule has 0 aliphatic heterocycles. The summed E-state index contributed by atoms with van der Waals surface area (Å²) >= 11 is 8.80. The number of H-pyrrole nitrogens is 1. The molecule has 0 radical (unpaired) electrons. The standard InChI is InChI=1S/C19H20BrN5OS/c1-11-8-16(12(2)24(11)15-5-3-4-13(20)9-15)18(26)21-10-17-22-23-19(27)25(17)14-6-7-14/h3-5,8-9,14H,6-7,10H2,1-2H3,(H,21,26)(H,23,27). The van der Waals surface area contributed by atoms with Crippen LogP contribution in [0, 0.1) is 18.6 Å². The second-order valence-corrected chi connectivity index (χ2v) is 8.13. The zero-order valence-electron chi connectivity index (χ0n) is 15.1. The van der Waals surface area contributed by atoms with Crippen molar-refractivity contribution in [1.29, 1.82) is 0 Å². The summed E-state index contributed by atoms with van der Waals surface area (Å²) in [6.07, 6.45) is 2.23. The Hall–Kier alpha value is -2.19. The molecule has 2 N–H and O–H groups in total. The number of aromatic amines is 1. The largest absolute Gasteiger partial charge is 0.345 e. The molecule has 4 rings (SSSR count). The summed E-state index contributed by atoms with van der Waals surface area (Å²) in [6.45, 7) is 4.31. The average Bonchev–Trinajstić information content (AvgIpc) is 3.33. The predicted molar refractivity (Wildman–Crippen MR) is 110 cm³/mol. The first kappa shape index (κ1) is 18.2. The minimum absolute atomic E-state index is 0.111. The van der Waals surface area contributed by atoms with Crippen molar-refractivity contribution in [3.8, 4) is 5.69 Å². The molecule has 1 aliphatic rings. The number of nitrogens with zero attached hydrogens (tertiary/aromatic N) is 3. The highest BCUT2D eigenvalue weighted by Gasteiger charge is 2.27. The van der Waals surface area contributed by atoms with E-state index in [0.29, 0.717) is 22.9 Å². The third-order valence-corrected chi connectivity index (χ3v) is 5.62. The van der Waals surface area contributed by atoms with Crippen LogP contribution < -0.4 is 5.32 Å². The molecule has 140 valence electrons. The van der Waals surface area contributed by atoms with Gasteiger partial charge in [-0.15, -0.1) is 0 Å². The van der Waals surface area contributed by atoms with Gasteiger partial charge in [0.15, 0.2) is 10.6 Å². The van der Waals surface area contributed by atoms with Crippen LogP contribution in [0.5, 0.6) is 0 Å². The normalized spacial score (nSPS) is 13.7. The summed E-state index contributed by atoms with van der Waals surface area (Å²) < 4.78 is 5.72. The Morgan fingerprint density at radius 1 is 1.37 bits per heavy atom. The van der Waals surface area contributed by atoms with Gasteiger partial charge >= 0.3 is 0 Å². The Morgan fingerprint density at radius 3 is 2.85 bits per heavy atom. The van der Waals surface area contributed by atoms with Crippen LogP contribution in [-0.2, 0) is 6.54 Å². The molecule has 0 atom stereocenters. The predicted octanol–water partition coefficient (Wildman–Crippen LogP) is 4.38. The van der Waals surface area contributed by atoms with Crippen molar-refractivity contribution in [2.45, 2.75) is 39.3 Å². The van der Waals surface area contributed by atoms with E-state index in [1.165, 1.54) is 0 Å². The molecule has 2 aromatic heterocycles. The van der Waals surface area contributed by atoms with Gasteiger partial charge in [0.2, 0.25) is 0 Å². The smallest absolute Gasteiger partial charge is 0.253 e. The van der Waals surface area contributed by atoms with E-state index in [-0.39, 0.29) is 5.91 Å². The van der Waals surface area contributed by atoms with Crippen LogP contribution >= 0.6 is 28.1 Å². The number of hydrogen-bond donors (Lipinski definition) is 2. The van der Waals surface area contributed by atoms with Crippen molar-refractivity contribution in [2.75, 3.05) is 0 Å². The number of aryl methyl sites for hydroxylation is 1. The highest BCUT2D eigenvalue weighted by Crippen LogP contribution is 2.35. The molecular formula is C19H20BrN5OS. The van der Waals surface area contributed by atoms with E-state index >= 15 is 0 Å². The molecule has 0 spiro atoms. The zero-order chi connectivity index (χ0) is 19.1. The number of nitrogens with one attached hydrogen (secondary N) is 2. The number of aromatic nitrogens is 4. The lowest BCUT2D eigenvalue weighted by molar-refractivity contribution is 0.0949. The van der Waals surface area contributed by atoms with Crippen molar-refractivity contribution in [2.24, 2.45) is 0 Å². The highest BCUT2D eigenvalue weighted by molar-refractivity contribution is 9.10. The number of halogens is 1. The van der Waals surface area contributed by atoms with Crippen LogP contribution in [-0.4, -0.2) is 25.2 Å². The Labute approximate surface area is 170 Å². The molecule has 1 amide bonds. The van der Waals surface area contributed by atoms with Crippen molar-refractivity contribution in [1.82, 2.24) is 24.6 Å². The maximum Gasteiger partial charge on any atom is 0.253 e. The van der Waals surface area contributed by atoms with Gasteiger partial charge in [-0.25, -0.2) is 0 Å². The number of carbonyl (C=O) groups excluding carboxylic acids is 1. The first-order valence-electron chi connectivity index (χ1n) is 8.84. The molecule has 27 heavy (non-hydrogen) atoms. The fourth-order valence-electron chi connectivity index (χ4n) is 3.43. The first-order chi connectivity index (χ1) is 13.0. The van der Waals surface area contributed by atoms with E-state index in [9.17, 15) is 4.79 Å². The summed E-state index contributed by atoms with van der Waals surface area (Å²) in [5.41, 5.74) is 3.60. The van der Waals surface area contributed by atoms with Crippen molar-refractivity contribution >= 4 is 34.1 Å². The van der Waals surface area contributed by atoms with Gasteiger partial charge in [-0.05, 0) is 63.2 Å². The van der Waals surface area contributed by atoms with Crippen molar-refractivity contribution in [3.05, 3.63) is 62.4 Å². The molecule has 1 aromatic carbocycles. The molecular weight excluding hydrogens is 426 g/mol. The number of hydrogen-bond acceptors (Lipinski definition) is 3. The fourth-order valence-corrected chi connectivity index (χ4v) is 4.12. The van der Waals surface area contributed by atoms with Crippen LogP contribution in [0.2, 0.25) is 0 Å². The Kier molecular flexibility index (Phi) is 4.77. The molecule has 0 saturated heterocycles. The zero-order valence-corrected chi connectivity index (χ0v) is 17.5. The summed E-state index contributed by atoms with van der Waals surface area (Å²) in [6, 6.07) is 10.4. The summed E-state index contributed by atoms with van der Waals surface area (Å²) in [5, 5.41) is 10.1. The first-order valence-corrected chi connectivity index (χ1v) is 10.0. The van der Waals surface area contributed by atoms with Gasteiger partial charge in [-0.2, -0.15) is 5.10 Å². The van der Waals surface area contributed by atoms with Crippen molar-refractivity contribution < 1.29 is 4.79 Å². The quantitative estimate of drug-likeness (QED) is 0.572. The summed E-state index contributed by atoms with van der Waals surface area (Å²) in [7, 11) is 0. The molecule has 2 heterocycles. The Bertz CT molecular complexity index is 1080. The monoisotopic (exact) mass is 445 g/mol. The SMILES string of the molecule is Cc1cc(C(=O)NCc2n[nH]c(=S)n2C2CC2)c(C)n1-c1cccc(Br)c1. The lowest BCUT2D eigenvalue weighted by Crippen LogP contribution is -2.25. The van der Waals surface area contributed by atoms with E-state index in [1.54, 1.807) is 0 Å². The van der Waals surface area contributed by atoms with Gasteiger partial charge in [0, 0.05) is 27.6 Å². The van der Waals surface area contributed by atoms with Gasteiger partial charge in [0.05, 0.1) is 12.1 Å². The maximum atomic E-state index is 12.8. The highest BCUT2D eigenvalue weighted by atomic mass is 79.9. The Balaban J connectivity index is 1.56. The van der Waals surface area contributed by atoms with Gasteiger partial charge in [0.25, 0.3) is 5.91 Å². The lowest BCUT2D eigenvalue weighted by Gasteiger charge is -2.11. The second-order valence-electron chi connectivity index (χ2n) is 6.83. The molecule has 6 nitrogen and oxygen atoms in total. The third-order valence-electron chi connectivity index (χ3n) is 4.84. The Morgan fingerprint density at radius 2 is 2.15 bits per heavy atom. The van der Waals surface area contributed by atoms with Crippen LogP contribution in [0.15, 0.2) is 34.8 Å². The van der Waals surface area contributed by atoms with E-state index in [1.807, 2.05) is 48.7 Å². The van der Waals surface area contributed by atoms with Crippen molar-refractivity contribution in [3.63, 3.8) is 0 Å². The minimum atomic E-state index is -0.111. The average molecular weight is 446 g/mol. The molecule has 1 fully saturated rings. The van der Waals surface area contributed by atoms with Gasteiger partial charge in [0.1, 0.15) is 0 Å². The fraction of sp³-hybridized carbons (Fsp3) is 0.316. The van der Waals surface area contributed by atoms with Gasteiger partial charge in [-0.1, -0.05) is 22.0 Å². The molecule has 0 unspecified atom stereocenters. The molecule has 1 aliphatic carbocycles. The molecule has 0 bridgehead atoms. The van der Waals surface area contributed by atoms with E-state index in [4.69, 9.17) is 12.2 Å². The van der Waals surface area contributed by atoms with Crippen LogP contribution in [0.3, 0.4) is 0 Å². The third kappa shape index (κ3) is 3.51. The molecule has 1 saturated carbocycles. The van der Waals surface area contributed by atoms with Gasteiger partial charge in [-0.3, -0.25) is 14.5 Å². The van der Waals surface area contributed by atoms with E-state index < -0.39 is 0 Å². The molecule has 3 aromatic rings. The van der Waals surface area contributed by atoms with E-state index in [0.717, 1.165) is 40.2 Å². The topological polar surface area (TPSA) is 67.6 Å². The maximum absolute atomic E-state index is 12.8. The van der Waals surface area contributed by atoms with Crippen LogP contribution in [0.1, 0.15) is 46.5 Å². The molecule has 8 heteroatoms. The summed E-state index contributed by atoms with van der Waals surface area (Å²) in [5.74, 6) is 0.664. The second kappa shape index (κ2) is 7.09. The number of amides is 1. The lowest BCUT2D eigenvalue weighted by atomic mass is 10.2. The summed E-state index contributed by atoms with van der Waals surface area (Å²) in [4.78, 5) is 12.8. The van der Waals surface area contributed by atoms with Crippen LogP contribution in [0.25, 0.3) is 5.69 Å². The number of carbonyl (C=O) groups is 1. The van der Waals surface area contributed by atoms with Crippen LogP contribution in [0.4, 0.5) is 0 Å². The van der Waals surface area contributed by atoms with E-state index in [2.05, 4.69) is 36.0 Å².